The summed E-state index contributed by atoms with van der Waals surface area (Å²) in [6, 6.07) is 7.75. The zero-order chi connectivity index (χ0) is 15.4. The molecule has 6 nitrogen and oxygen atoms in total. The van der Waals surface area contributed by atoms with Crippen LogP contribution >= 0.6 is 0 Å². The summed E-state index contributed by atoms with van der Waals surface area (Å²) >= 11 is 0. The molecule has 1 amide bonds. The van der Waals surface area contributed by atoms with Gasteiger partial charge in [-0.2, -0.15) is 5.26 Å². The molecule has 0 fully saturated rings. The Hall–Kier alpha value is -1.91. The predicted molar refractivity (Wildman–Crippen MR) is 74.2 cm³/mol. The Morgan fingerprint density at radius 3 is 2.50 bits per heavy atom. The number of carbonyl (C=O) groups excluding carboxylic acids is 1. The van der Waals surface area contributed by atoms with Gasteiger partial charge in [0.05, 0.1) is 15.9 Å². The molecule has 0 saturated heterocycles. The number of hydrogen-bond donors (Lipinski definition) is 2. The molecule has 2 N–H and O–H groups in total. The van der Waals surface area contributed by atoms with E-state index in [1.165, 1.54) is 19.2 Å². The lowest BCUT2D eigenvalue weighted by Gasteiger charge is -2.22. The van der Waals surface area contributed by atoms with E-state index in [4.69, 9.17) is 5.26 Å². The number of nitrogens with zero attached hydrogens (tertiary/aromatic N) is 1. The average molecular weight is 295 g/mol. The maximum absolute atomic E-state index is 12.2. The fraction of sp³-hybridized carbons (Fsp3) is 0.385. The highest BCUT2D eigenvalue weighted by atomic mass is 32.2. The fourth-order valence-corrected chi connectivity index (χ4v) is 2.93. The Labute approximate surface area is 118 Å². The molecule has 0 radical (unpaired) electrons. The number of rotatable bonds is 5. The molecule has 0 aliphatic heterocycles. The zero-order valence-corrected chi connectivity index (χ0v) is 12.4. The number of benzene rings is 1. The lowest BCUT2D eigenvalue weighted by Crippen LogP contribution is -2.43. The van der Waals surface area contributed by atoms with Crippen molar-refractivity contribution in [3.8, 4) is 6.07 Å². The Balaban J connectivity index is 2.98. The minimum absolute atomic E-state index is 0.0607. The Bertz CT molecular complexity index is 645. The highest BCUT2D eigenvalue weighted by molar-refractivity contribution is 7.89. The summed E-state index contributed by atoms with van der Waals surface area (Å²) in [5.41, 5.74) is -0.818. The van der Waals surface area contributed by atoms with E-state index in [2.05, 4.69) is 10.0 Å². The van der Waals surface area contributed by atoms with E-state index in [1.54, 1.807) is 26.0 Å². The summed E-state index contributed by atoms with van der Waals surface area (Å²) in [5.74, 6) is -0.270. The number of carbonyl (C=O) groups is 1. The first-order valence-corrected chi connectivity index (χ1v) is 7.44. The van der Waals surface area contributed by atoms with Crippen LogP contribution in [0.2, 0.25) is 0 Å². The minimum Gasteiger partial charge on any atom is -0.359 e. The van der Waals surface area contributed by atoms with Crippen molar-refractivity contribution < 1.29 is 13.2 Å². The molecule has 1 rings (SSSR count). The van der Waals surface area contributed by atoms with Gasteiger partial charge in [-0.3, -0.25) is 4.79 Å². The Morgan fingerprint density at radius 2 is 1.95 bits per heavy atom. The molecular weight excluding hydrogens is 278 g/mol. The van der Waals surface area contributed by atoms with E-state index in [0.717, 1.165) is 0 Å². The first-order valence-electron chi connectivity index (χ1n) is 5.95. The van der Waals surface area contributed by atoms with Gasteiger partial charge >= 0.3 is 0 Å². The van der Waals surface area contributed by atoms with Crippen molar-refractivity contribution in [3.63, 3.8) is 0 Å². The van der Waals surface area contributed by atoms with E-state index in [9.17, 15) is 13.2 Å². The van der Waals surface area contributed by atoms with Crippen LogP contribution in [0.5, 0.6) is 0 Å². The molecule has 0 aliphatic rings. The second kappa shape index (κ2) is 6.03. The monoisotopic (exact) mass is 295 g/mol. The maximum Gasteiger partial charge on any atom is 0.241 e. The quantitative estimate of drug-likeness (QED) is 0.831. The molecule has 0 aromatic heterocycles. The third-order valence-corrected chi connectivity index (χ3v) is 4.30. The second-order valence-corrected chi connectivity index (χ2v) is 6.63. The van der Waals surface area contributed by atoms with Crippen LogP contribution in [0.1, 0.15) is 19.4 Å². The van der Waals surface area contributed by atoms with Crippen LogP contribution in [-0.2, 0) is 14.8 Å². The molecular formula is C13H17N3O3S. The van der Waals surface area contributed by atoms with Crippen molar-refractivity contribution in [2.75, 3.05) is 13.6 Å². The molecule has 0 saturated carbocycles. The van der Waals surface area contributed by atoms with E-state index in [0.29, 0.717) is 0 Å². The van der Waals surface area contributed by atoms with Gasteiger partial charge in [-0.1, -0.05) is 12.1 Å². The molecule has 20 heavy (non-hydrogen) atoms. The zero-order valence-electron chi connectivity index (χ0n) is 11.6. The van der Waals surface area contributed by atoms with Gasteiger partial charge in [0.25, 0.3) is 0 Å². The van der Waals surface area contributed by atoms with Crippen LogP contribution in [0, 0.1) is 16.7 Å². The summed E-state index contributed by atoms with van der Waals surface area (Å²) in [4.78, 5) is 11.5. The molecule has 108 valence electrons. The lowest BCUT2D eigenvalue weighted by molar-refractivity contribution is -0.128. The number of amides is 1. The van der Waals surface area contributed by atoms with Crippen molar-refractivity contribution >= 4 is 15.9 Å². The van der Waals surface area contributed by atoms with Gasteiger partial charge in [-0.05, 0) is 26.0 Å². The third-order valence-electron chi connectivity index (χ3n) is 2.84. The highest BCUT2D eigenvalue weighted by Crippen LogP contribution is 2.18. The molecule has 1 aromatic carbocycles. The van der Waals surface area contributed by atoms with Crippen LogP contribution in [0.4, 0.5) is 0 Å². The van der Waals surface area contributed by atoms with E-state index >= 15 is 0 Å². The molecule has 0 aliphatic carbocycles. The van der Waals surface area contributed by atoms with Gasteiger partial charge < -0.3 is 5.32 Å². The molecule has 0 atom stereocenters. The molecule has 0 bridgehead atoms. The maximum atomic E-state index is 12.2. The van der Waals surface area contributed by atoms with Crippen LogP contribution in [0.3, 0.4) is 0 Å². The number of hydrogen-bond acceptors (Lipinski definition) is 4. The smallest absolute Gasteiger partial charge is 0.241 e. The first kappa shape index (κ1) is 16.1. The summed E-state index contributed by atoms with van der Waals surface area (Å²) in [6.07, 6.45) is 0. The van der Waals surface area contributed by atoms with Gasteiger partial charge in [0.2, 0.25) is 15.9 Å². The third kappa shape index (κ3) is 3.56. The van der Waals surface area contributed by atoms with Crippen LogP contribution in [-0.4, -0.2) is 27.9 Å². The summed E-state index contributed by atoms with van der Waals surface area (Å²) in [5, 5.41) is 11.4. The fourth-order valence-electron chi connectivity index (χ4n) is 1.57. The SMILES string of the molecule is CNC(=O)C(C)(C)CNS(=O)(=O)c1ccccc1C#N. The Kier molecular flexibility index (Phi) is 4.87. The van der Waals surface area contributed by atoms with Gasteiger partial charge in [0, 0.05) is 13.6 Å². The molecule has 0 unspecified atom stereocenters. The Morgan fingerprint density at radius 1 is 1.35 bits per heavy atom. The molecule has 0 spiro atoms. The van der Waals surface area contributed by atoms with Crippen LogP contribution < -0.4 is 10.0 Å². The molecule has 0 heterocycles. The summed E-state index contributed by atoms with van der Waals surface area (Å²) in [6.45, 7) is 3.20. The largest absolute Gasteiger partial charge is 0.359 e. The van der Waals surface area contributed by atoms with E-state index < -0.39 is 15.4 Å². The molecule has 1 aromatic rings. The standard InChI is InChI=1S/C13H17N3O3S/c1-13(2,12(17)15-3)9-16-20(18,19)11-7-5-4-6-10(11)8-14/h4-7,16H,9H2,1-3H3,(H,15,17). The lowest BCUT2D eigenvalue weighted by atomic mass is 9.93. The van der Waals surface area contributed by atoms with Crippen molar-refractivity contribution in [3.05, 3.63) is 29.8 Å². The summed E-state index contributed by atoms with van der Waals surface area (Å²) < 4.78 is 26.7. The van der Waals surface area contributed by atoms with Crippen LogP contribution in [0.15, 0.2) is 29.2 Å². The van der Waals surface area contributed by atoms with Gasteiger partial charge in [-0.25, -0.2) is 13.1 Å². The van der Waals surface area contributed by atoms with Crippen LogP contribution in [0.25, 0.3) is 0 Å². The summed E-state index contributed by atoms with van der Waals surface area (Å²) in [7, 11) is -2.34. The number of sulfonamides is 1. The average Bonchev–Trinajstić information content (AvgIpc) is 2.44. The van der Waals surface area contributed by atoms with Crippen molar-refractivity contribution in [1.82, 2.24) is 10.0 Å². The predicted octanol–water partition coefficient (Wildman–Crippen LogP) is 0.609. The highest BCUT2D eigenvalue weighted by Gasteiger charge is 2.29. The minimum atomic E-state index is -3.83. The second-order valence-electron chi connectivity index (χ2n) is 4.90. The van der Waals surface area contributed by atoms with E-state index in [1.807, 2.05) is 6.07 Å². The topological polar surface area (TPSA) is 99.1 Å². The normalized spacial score (nSPS) is 11.7. The van der Waals surface area contributed by atoms with Crippen molar-refractivity contribution in [2.24, 2.45) is 5.41 Å². The first-order chi connectivity index (χ1) is 9.24. The van der Waals surface area contributed by atoms with E-state index in [-0.39, 0.29) is 22.9 Å². The van der Waals surface area contributed by atoms with Crippen molar-refractivity contribution in [1.29, 1.82) is 5.26 Å². The number of nitrogens with one attached hydrogen (secondary N) is 2. The van der Waals surface area contributed by atoms with Crippen molar-refractivity contribution in [2.45, 2.75) is 18.7 Å². The number of nitriles is 1. The van der Waals surface area contributed by atoms with Gasteiger partial charge in [0.1, 0.15) is 6.07 Å². The van der Waals surface area contributed by atoms with Gasteiger partial charge in [-0.15, -0.1) is 0 Å². The van der Waals surface area contributed by atoms with Gasteiger partial charge in [0.15, 0.2) is 0 Å². The molecule has 7 heteroatoms.